The van der Waals surface area contributed by atoms with Crippen LogP contribution in [0.1, 0.15) is 16.9 Å². The molecular formula is C15H9ClF2N2S. The highest BCUT2D eigenvalue weighted by Gasteiger charge is 2.22. The van der Waals surface area contributed by atoms with Gasteiger partial charge >= 0.3 is 0 Å². The summed E-state index contributed by atoms with van der Waals surface area (Å²) in [6.45, 7) is 0. The Morgan fingerprint density at radius 1 is 1.14 bits per heavy atom. The molecular weight excluding hydrogens is 314 g/mol. The number of hydrogen-bond donors (Lipinski definition) is 0. The molecule has 1 aromatic carbocycles. The Bertz CT molecular complexity index is 876. The third-order valence-corrected chi connectivity index (χ3v) is 5.15. The maximum Gasteiger partial charge on any atom is 0.165 e. The Hall–Kier alpha value is -1.59. The molecule has 0 atom stereocenters. The van der Waals surface area contributed by atoms with Gasteiger partial charge in [-0.3, -0.25) is 0 Å². The topological polar surface area (TPSA) is 25.8 Å². The van der Waals surface area contributed by atoms with Crippen LogP contribution in [-0.4, -0.2) is 9.97 Å². The minimum atomic E-state index is -0.559. The molecule has 106 valence electrons. The van der Waals surface area contributed by atoms with E-state index >= 15 is 0 Å². The Morgan fingerprint density at radius 2 is 2.00 bits per heavy atom. The van der Waals surface area contributed by atoms with Crippen molar-refractivity contribution in [1.82, 2.24) is 9.97 Å². The summed E-state index contributed by atoms with van der Waals surface area (Å²) in [6, 6.07) is 3.23. The second-order valence-electron chi connectivity index (χ2n) is 5.00. The monoisotopic (exact) mass is 322 g/mol. The van der Waals surface area contributed by atoms with Crippen molar-refractivity contribution in [1.29, 1.82) is 0 Å². The minimum absolute atomic E-state index is 0.0346. The number of aryl methyl sites for hydroxylation is 2. The van der Waals surface area contributed by atoms with Crippen LogP contribution in [0.5, 0.6) is 0 Å². The van der Waals surface area contributed by atoms with E-state index in [0.717, 1.165) is 47.7 Å². The molecule has 1 aliphatic rings. The summed E-state index contributed by atoms with van der Waals surface area (Å²) in [5.74, 6) is -0.958. The first-order valence-corrected chi connectivity index (χ1v) is 7.76. The third kappa shape index (κ3) is 2.03. The lowest BCUT2D eigenvalue weighted by molar-refractivity contribution is 0.602. The van der Waals surface area contributed by atoms with Crippen LogP contribution >= 0.6 is 22.9 Å². The predicted molar refractivity (Wildman–Crippen MR) is 79.8 cm³/mol. The number of aromatic nitrogens is 2. The summed E-state index contributed by atoms with van der Waals surface area (Å²) in [5, 5.41) is 1.19. The smallest absolute Gasteiger partial charge is 0.165 e. The van der Waals surface area contributed by atoms with Crippen LogP contribution in [0.3, 0.4) is 0 Å². The zero-order valence-corrected chi connectivity index (χ0v) is 12.4. The summed E-state index contributed by atoms with van der Waals surface area (Å²) < 4.78 is 27.2. The van der Waals surface area contributed by atoms with Crippen LogP contribution in [-0.2, 0) is 12.8 Å². The lowest BCUT2D eigenvalue weighted by Crippen LogP contribution is -1.94. The normalized spacial score (nSPS) is 13.9. The molecule has 4 rings (SSSR count). The van der Waals surface area contributed by atoms with Crippen molar-refractivity contribution < 1.29 is 8.78 Å². The Morgan fingerprint density at radius 3 is 2.86 bits per heavy atom. The average Bonchev–Trinajstić information content (AvgIpc) is 3.01. The van der Waals surface area contributed by atoms with Crippen LogP contribution in [0.2, 0.25) is 5.15 Å². The summed E-state index contributed by atoms with van der Waals surface area (Å²) >= 11 is 7.84. The number of benzene rings is 1. The maximum absolute atomic E-state index is 13.9. The van der Waals surface area contributed by atoms with Crippen LogP contribution in [0.15, 0.2) is 18.2 Å². The number of hydrogen-bond acceptors (Lipinski definition) is 3. The van der Waals surface area contributed by atoms with E-state index in [1.54, 1.807) is 11.3 Å². The van der Waals surface area contributed by atoms with Gasteiger partial charge in [0, 0.05) is 4.88 Å². The number of rotatable bonds is 1. The summed E-state index contributed by atoms with van der Waals surface area (Å²) in [4.78, 5) is 10.6. The second-order valence-corrected chi connectivity index (χ2v) is 6.44. The van der Waals surface area contributed by atoms with Gasteiger partial charge in [0.25, 0.3) is 0 Å². The Kier molecular flexibility index (Phi) is 2.94. The minimum Gasteiger partial charge on any atom is -0.217 e. The molecule has 6 heteroatoms. The number of thiophene rings is 1. The fourth-order valence-electron chi connectivity index (χ4n) is 2.74. The molecule has 2 aromatic heterocycles. The van der Waals surface area contributed by atoms with E-state index < -0.39 is 11.6 Å². The lowest BCUT2D eigenvalue weighted by atomic mass is 10.1. The molecule has 0 bridgehead atoms. The van der Waals surface area contributed by atoms with E-state index in [9.17, 15) is 8.78 Å². The van der Waals surface area contributed by atoms with Gasteiger partial charge in [-0.25, -0.2) is 18.7 Å². The van der Waals surface area contributed by atoms with E-state index in [-0.39, 0.29) is 11.4 Å². The van der Waals surface area contributed by atoms with E-state index in [1.165, 1.54) is 10.4 Å². The summed E-state index contributed by atoms with van der Waals surface area (Å²) in [5.41, 5.74) is 1.25. The second kappa shape index (κ2) is 4.71. The highest BCUT2D eigenvalue weighted by Crippen LogP contribution is 2.40. The predicted octanol–water partition coefficient (Wildman–Crippen LogP) is 4.78. The van der Waals surface area contributed by atoms with Gasteiger partial charge in [0.1, 0.15) is 21.6 Å². The largest absolute Gasteiger partial charge is 0.217 e. The summed E-state index contributed by atoms with van der Waals surface area (Å²) in [7, 11) is 0. The number of halogens is 3. The number of fused-ring (bicyclic) bond motifs is 3. The van der Waals surface area contributed by atoms with Crippen LogP contribution in [0.25, 0.3) is 21.6 Å². The standard InChI is InChI=1S/C15H9ClF2N2S/c16-13-12-8-2-1-3-11(8)21-15(12)20-14(19-13)9-6-7(17)4-5-10(9)18/h4-6H,1-3H2. The first-order valence-electron chi connectivity index (χ1n) is 6.56. The van der Waals surface area contributed by atoms with Gasteiger partial charge in [0.2, 0.25) is 0 Å². The third-order valence-electron chi connectivity index (χ3n) is 3.69. The molecule has 0 fully saturated rings. The van der Waals surface area contributed by atoms with Crippen LogP contribution in [0.4, 0.5) is 8.78 Å². The van der Waals surface area contributed by atoms with E-state index in [4.69, 9.17) is 11.6 Å². The first kappa shape index (κ1) is 13.1. The van der Waals surface area contributed by atoms with Crippen LogP contribution in [0, 0.1) is 11.6 Å². The van der Waals surface area contributed by atoms with E-state index in [2.05, 4.69) is 9.97 Å². The Labute approximate surface area is 128 Å². The quantitative estimate of drug-likeness (QED) is 0.603. The molecule has 0 saturated heterocycles. The molecule has 0 aliphatic heterocycles. The molecule has 1 aliphatic carbocycles. The van der Waals surface area contributed by atoms with Gasteiger partial charge in [0.15, 0.2) is 5.82 Å². The van der Waals surface area contributed by atoms with Gasteiger partial charge in [-0.1, -0.05) is 11.6 Å². The molecule has 0 spiro atoms. The van der Waals surface area contributed by atoms with Crippen molar-refractivity contribution in [3.8, 4) is 11.4 Å². The molecule has 3 aromatic rings. The molecule has 0 radical (unpaired) electrons. The highest BCUT2D eigenvalue weighted by molar-refractivity contribution is 7.19. The van der Waals surface area contributed by atoms with Crippen molar-refractivity contribution in [3.05, 3.63) is 45.4 Å². The van der Waals surface area contributed by atoms with Crippen molar-refractivity contribution >= 4 is 33.2 Å². The van der Waals surface area contributed by atoms with Gasteiger partial charge in [-0.15, -0.1) is 11.3 Å². The number of nitrogens with zero attached hydrogens (tertiary/aromatic N) is 2. The zero-order chi connectivity index (χ0) is 14.6. The van der Waals surface area contributed by atoms with Crippen LogP contribution < -0.4 is 0 Å². The Balaban J connectivity index is 1.97. The fraction of sp³-hybridized carbons (Fsp3) is 0.200. The molecule has 0 amide bonds. The molecule has 2 heterocycles. The fourth-order valence-corrected chi connectivity index (χ4v) is 4.34. The molecule has 2 nitrogen and oxygen atoms in total. The average molecular weight is 323 g/mol. The lowest BCUT2D eigenvalue weighted by Gasteiger charge is -2.04. The SMILES string of the molecule is Fc1ccc(F)c(-c2nc(Cl)c3c4c(sc3n2)CCC4)c1. The maximum atomic E-state index is 13.9. The van der Waals surface area contributed by atoms with E-state index in [0.29, 0.717) is 5.15 Å². The molecule has 0 saturated carbocycles. The van der Waals surface area contributed by atoms with Gasteiger partial charge < -0.3 is 0 Å². The van der Waals surface area contributed by atoms with E-state index in [1.807, 2.05) is 0 Å². The van der Waals surface area contributed by atoms with Crippen molar-refractivity contribution in [2.24, 2.45) is 0 Å². The van der Waals surface area contributed by atoms with Gasteiger partial charge in [-0.05, 0) is 43.0 Å². The van der Waals surface area contributed by atoms with Gasteiger partial charge in [-0.2, -0.15) is 0 Å². The molecule has 21 heavy (non-hydrogen) atoms. The zero-order valence-electron chi connectivity index (χ0n) is 10.8. The molecule has 0 N–H and O–H groups in total. The summed E-state index contributed by atoms with van der Waals surface area (Å²) in [6.07, 6.45) is 3.12. The van der Waals surface area contributed by atoms with Crippen molar-refractivity contribution in [2.45, 2.75) is 19.3 Å². The highest BCUT2D eigenvalue weighted by atomic mass is 35.5. The van der Waals surface area contributed by atoms with Crippen molar-refractivity contribution in [3.63, 3.8) is 0 Å². The first-order chi connectivity index (χ1) is 10.1. The van der Waals surface area contributed by atoms with Crippen molar-refractivity contribution in [2.75, 3.05) is 0 Å². The van der Waals surface area contributed by atoms with Gasteiger partial charge in [0.05, 0.1) is 10.9 Å². The molecule has 0 unspecified atom stereocenters.